The SMILES string of the molecule is O=S(Cl)c1ccc2cc(-c3ccccc3)ccc2c1-c1c(S(=O)Cl)ccc2cc(-c3ccccc3)ccc12. The highest BCUT2D eigenvalue weighted by Crippen LogP contribution is 2.43. The van der Waals surface area contributed by atoms with E-state index >= 15 is 0 Å². The first-order valence-corrected chi connectivity index (χ1v) is 15.9. The lowest BCUT2D eigenvalue weighted by molar-refractivity contribution is 0.690. The van der Waals surface area contributed by atoms with Gasteiger partial charge in [0, 0.05) is 11.1 Å². The first kappa shape index (κ1) is 25.0. The molecule has 6 rings (SSSR count). The summed E-state index contributed by atoms with van der Waals surface area (Å²) in [6, 6.07) is 40.0. The molecule has 2 atom stereocenters. The van der Waals surface area contributed by atoms with E-state index in [4.69, 9.17) is 21.4 Å². The number of hydrogen-bond donors (Lipinski definition) is 0. The highest BCUT2D eigenvalue weighted by molar-refractivity contribution is 8.08. The van der Waals surface area contributed by atoms with Crippen LogP contribution in [0.1, 0.15) is 0 Å². The number of fused-ring (bicyclic) bond motifs is 2. The smallest absolute Gasteiger partial charge is 0.148 e. The fourth-order valence-electron chi connectivity index (χ4n) is 5.02. The summed E-state index contributed by atoms with van der Waals surface area (Å²) in [5.74, 6) is 0. The summed E-state index contributed by atoms with van der Waals surface area (Å²) in [5.41, 5.74) is 5.69. The van der Waals surface area contributed by atoms with Crippen molar-refractivity contribution in [2.24, 2.45) is 0 Å². The molecule has 2 nitrogen and oxygen atoms in total. The fourth-order valence-corrected chi connectivity index (χ4v) is 6.89. The highest BCUT2D eigenvalue weighted by Gasteiger charge is 2.22. The van der Waals surface area contributed by atoms with Gasteiger partial charge in [0.15, 0.2) is 0 Å². The Bertz CT molecular complexity index is 1730. The summed E-state index contributed by atoms with van der Waals surface area (Å²) in [5, 5.41) is 3.63. The number of benzene rings is 6. The molecular weight excluding hydrogens is 551 g/mol. The van der Waals surface area contributed by atoms with Crippen molar-refractivity contribution in [1.82, 2.24) is 0 Å². The molecule has 0 heterocycles. The van der Waals surface area contributed by atoms with Crippen molar-refractivity contribution in [2.75, 3.05) is 0 Å². The van der Waals surface area contributed by atoms with Crippen molar-refractivity contribution >= 4 is 62.9 Å². The van der Waals surface area contributed by atoms with E-state index in [0.29, 0.717) is 20.9 Å². The van der Waals surface area contributed by atoms with Crippen LogP contribution in [0.15, 0.2) is 131 Å². The second kappa shape index (κ2) is 10.5. The Hall–Kier alpha value is -3.28. The molecule has 2 unspecified atom stereocenters. The summed E-state index contributed by atoms with van der Waals surface area (Å²) in [6.45, 7) is 0. The molecule has 0 saturated heterocycles. The third-order valence-electron chi connectivity index (χ3n) is 6.77. The maximum absolute atomic E-state index is 12.8. The molecule has 0 aliphatic rings. The summed E-state index contributed by atoms with van der Waals surface area (Å²) >= 11 is 0. The zero-order chi connectivity index (χ0) is 26.2. The predicted octanol–water partition coefficient (Wildman–Crippen LogP) is 9.52. The van der Waals surface area contributed by atoms with E-state index in [1.54, 1.807) is 12.1 Å². The van der Waals surface area contributed by atoms with Crippen molar-refractivity contribution in [3.8, 4) is 33.4 Å². The molecule has 0 spiro atoms. The molecule has 6 heteroatoms. The van der Waals surface area contributed by atoms with E-state index in [-0.39, 0.29) is 0 Å². The average molecular weight is 572 g/mol. The van der Waals surface area contributed by atoms with Crippen LogP contribution in [0, 0.1) is 0 Å². The Morgan fingerprint density at radius 2 is 0.816 bits per heavy atom. The van der Waals surface area contributed by atoms with Crippen LogP contribution in [0.5, 0.6) is 0 Å². The van der Waals surface area contributed by atoms with E-state index in [2.05, 4.69) is 36.4 Å². The topological polar surface area (TPSA) is 34.1 Å². The maximum Gasteiger partial charge on any atom is 0.148 e. The minimum Gasteiger partial charge on any atom is -0.237 e. The molecular formula is C32H20Cl2O2S2. The largest absolute Gasteiger partial charge is 0.237 e. The molecule has 186 valence electrons. The minimum absolute atomic E-state index is 0.453. The molecule has 0 fully saturated rings. The first-order valence-electron chi connectivity index (χ1n) is 11.9. The summed E-state index contributed by atoms with van der Waals surface area (Å²) in [4.78, 5) is 0.907. The summed E-state index contributed by atoms with van der Waals surface area (Å²) < 4.78 is 25.6. The van der Waals surface area contributed by atoms with Gasteiger partial charge < -0.3 is 0 Å². The minimum atomic E-state index is -1.81. The molecule has 6 aromatic rings. The molecule has 0 N–H and O–H groups in total. The van der Waals surface area contributed by atoms with Gasteiger partial charge in [-0.1, -0.05) is 97.1 Å². The van der Waals surface area contributed by atoms with Crippen LogP contribution in [0.2, 0.25) is 0 Å². The quantitative estimate of drug-likeness (QED) is 0.193. The first-order chi connectivity index (χ1) is 18.5. The van der Waals surface area contributed by atoms with E-state index in [9.17, 15) is 8.42 Å². The van der Waals surface area contributed by atoms with Crippen molar-refractivity contribution < 1.29 is 8.42 Å². The van der Waals surface area contributed by atoms with Gasteiger partial charge in [-0.25, -0.2) is 8.42 Å². The average Bonchev–Trinajstić information content (AvgIpc) is 2.96. The van der Waals surface area contributed by atoms with Gasteiger partial charge in [0.2, 0.25) is 0 Å². The van der Waals surface area contributed by atoms with Gasteiger partial charge in [-0.2, -0.15) is 0 Å². The molecule has 0 amide bonds. The van der Waals surface area contributed by atoms with Gasteiger partial charge >= 0.3 is 0 Å². The number of hydrogen-bond acceptors (Lipinski definition) is 2. The van der Waals surface area contributed by atoms with Crippen molar-refractivity contribution in [3.05, 3.63) is 121 Å². The van der Waals surface area contributed by atoms with Crippen molar-refractivity contribution in [2.45, 2.75) is 9.79 Å². The number of halogens is 2. The second-order valence-electron chi connectivity index (χ2n) is 8.93. The van der Waals surface area contributed by atoms with Crippen LogP contribution >= 0.6 is 21.4 Å². The number of rotatable bonds is 5. The maximum atomic E-state index is 12.8. The standard InChI is InChI=1S/C32H20Cl2O2S2/c33-37(35)29-17-13-25-19-23(21-7-3-1-4-8-21)11-15-27(25)31(29)32-28-16-12-24(22-9-5-2-6-10-22)20-26(28)14-18-30(32)38(34)36/h1-20H. The lowest BCUT2D eigenvalue weighted by Crippen LogP contribution is -1.97. The Kier molecular flexibility index (Phi) is 6.89. The highest BCUT2D eigenvalue weighted by atomic mass is 35.7. The molecule has 0 aromatic heterocycles. The normalized spacial score (nSPS) is 13.0. The van der Waals surface area contributed by atoms with E-state index in [1.165, 1.54) is 0 Å². The molecule has 0 aliphatic carbocycles. The monoisotopic (exact) mass is 570 g/mol. The van der Waals surface area contributed by atoms with E-state index in [1.807, 2.05) is 72.8 Å². The van der Waals surface area contributed by atoms with Gasteiger partial charge in [0.05, 0.1) is 9.79 Å². The molecule has 0 bridgehead atoms. The third-order valence-corrected chi connectivity index (χ3v) is 9.14. The van der Waals surface area contributed by atoms with Gasteiger partial charge in [0.25, 0.3) is 0 Å². The molecule has 0 radical (unpaired) electrons. The fraction of sp³-hybridized carbons (Fsp3) is 0. The molecule has 6 aromatic carbocycles. The molecule has 0 saturated carbocycles. The Balaban J connectivity index is 1.66. The van der Waals surface area contributed by atoms with E-state index in [0.717, 1.165) is 43.8 Å². The van der Waals surface area contributed by atoms with Crippen LogP contribution in [-0.4, -0.2) is 8.42 Å². The van der Waals surface area contributed by atoms with Crippen LogP contribution in [0.3, 0.4) is 0 Å². The second-order valence-corrected chi connectivity index (χ2v) is 12.4. The lowest BCUT2D eigenvalue weighted by Gasteiger charge is -2.17. The van der Waals surface area contributed by atoms with Crippen molar-refractivity contribution in [1.29, 1.82) is 0 Å². The van der Waals surface area contributed by atoms with Gasteiger partial charge in [-0.15, -0.1) is 0 Å². The molecule has 0 aliphatic heterocycles. The van der Waals surface area contributed by atoms with Crippen LogP contribution in [-0.2, 0) is 20.0 Å². The molecule has 38 heavy (non-hydrogen) atoms. The Labute approximate surface area is 234 Å². The van der Waals surface area contributed by atoms with Crippen LogP contribution in [0.4, 0.5) is 0 Å². The van der Waals surface area contributed by atoms with Crippen LogP contribution in [0.25, 0.3) is 54.9 Å². The van der Waals surface area contributed by atoms with E-state index < -0.39 is 20.0 Å². The predicted molar refractivity (Wildman–Crippen MR) is 162 cm³/mol. The summed E-state index contributed by atoms with van der Waals surface area (Å²) in [7, 11) is 8.86. The Morgan fingerprint density at radius 3 is 1.18 bits per heavy atom. The van der Waals surface area contributed by atoms with Crippen molar-refractivity contribution in [3.63, 3.8) is 0 Å². The zero-order valence-corrected chi connectivity index (χ0v) is 23.1. The van der Waals surface area contributed by atoms with Gasteiger partial charge in [0.1, 0.15) is 20.0 Å². The van der Waals surface area contributed by atoms with Gasteiger partial charge in [-0.3, -0.25) is 0 Å². The zero-order valence-electron chi connectivity index (χ0n) is 19.9. The Morgan fingerprint density at radius 1 is 0.421 bits per heavy atom. The third kappa shape index (κ3) is 4.59. The van der Waals surface area contributed by atoms with Gasteiger partial charge in [-0.05, 0) is 89.4 Å². The van der Waals surface area contributed by atoms with Crippen LogP contribution < -0.4 is 0 Å². The summed E-state index contributed by atoms with van der Waals surface area (Å²) in [6.07, 6.45) is 0. The lowest BCUT2D eigenvalue weighted by atomic mass is 9.91.